The molecule has 0 aliphatic heterocycles. The summed E-state index contributed by atoms with van der Waals surface area (Å²) in [5, 5.41) is 0. The highest BCUT2D eigenvalue weighted by Crippen LogP contribution is 2.23. The Morgan fingerprint density at radius 2 is 0.591 bits per heavy atom. The van der Waals surface area contributed by atoms with Gasteiger partial charge in [0.1, 0.15) is 0 Å². The molecule has 0 amide bonds. The molecular weight excluding hydrogens is 797 g/mol. The van der Waals surface area contributed by atoms with Gasteiger partial charge in [0.05, 0.1) is 22.8 Å². The van der Waals surface area contributed by atoms with Crippen molar-refractivity contribution in [2.24, 2.45) is 9.98 Å². The van der Waals surface area contributed by atoms with Crippen molar-refractivity contribution in [2.45, 2.75) is 297 Å². The van der Waals surface area contributed by atoms with E-state index >= 15 is 0 Å². The quantitative estimate of drug-likeness (QED) is 0.0467. The number of unbranched alkanes of at least 4 members (excludes halogenated alkanes) is 36. The van der Waals surface area contributed by atoms with Crippen molar-refractivity contribution in [1.29, 1.82) is 0 Å². The lowest BCUT2D eigenvalue weighted by Crippen LogP contribution is -2.14. The molecule has 0 unspecified atom stereocenters. The molecular formula is C64H108N2. The first-order valence-corrected chi connectivity index (χ1v) is 29.4. The highest BCUT2D eigenvalue weighted by molar-refractivity contribution is 6.43. The molecule has 0 N–H and O–H groups in total. The topological polar surface area (TPSA) is 24.7 Å². The minimum Gasteiger partial charge on any atom is -0.252 e. The second kappa shape index (κ2) is 46.0. The van der Waals surface area contributed by atoms with E-state index in [1.54, 1.807) is 0 Å². The monoisotopic (exact) mass is 905 g/mol. The van der Waals surface area contributed by atoms with Crippen LogP contribution in [-0.2, 0) is 0 Å². The summed E-state index contributed by atoms with van der Waals surface area (Å²) in [6.07, 6.45) is 66.2. The van der Waals surface area contributed by atoms with Gasteiger partial charge in [-0.25, -0.2) is 0 Å². The predicted octanol–water partition coefficient (Wildman–Crippen LogP) is 23.0. The van der Waals surface area contributed by atoms with Crippen LogP contribution in [0.4, 0.5) is 11.4 Å². The normalized spacial score (nSPS) is 12.4. The second-order valence-electron chi connectivity index (χ2n) is 20.2. The second-order valence-corrected chi connectivity index (χ2v) is 20.2. The fourth-order valence-corrected chi connectivity index (χ4v) is 9.36. The van der Waals surface area contributed by atoms with E-state index in [1.165, 1.54) is 254 Å². The van der Waals surface area contributed by atoms with E-state index in [1.807, 2.05) is 0 Å². The smallest absolute Gasteiger partial charge is 0.0639 e. The molecule has 0 bridgehead atoms. The summed E-state index contributed by atoms with van der Waals surface area (Å²) in [5.41, 5.74) is 6.99. The van der Waals surface area contributed by atoms with E-state index in [9.17, 15) is 0 Å². The van der Waals surface area contributed by atoms with Crippen LogP contribution in [0.25, 0.3) is 12.2 Å². The molecule has 0 spiro atoms. The Bertz CT molecular complexity index is 1480. The lowest BCUT2D eigenvalue weighted by atomic mass is 10.0. The van der Waals surface area contributed by atoms with Gasteiger partial charge in [-0.05, 0) is 86.8 Å². The third-order valence-electron chi connectivity index (χ3n) is 13.7. The first-order valence-electron chi connectivity index (χ1n) is 29.4. The molecule has 2 nitrogen and oxygen atoms in total. The molecule has 0 aliphatic carbocycles. The van der Waals surface area contributed by atoms with Crippen molar-refractivity contribution < 1.29 is 0 Å². The molecule has 0 aromatic heterocycles. The molecule has 0 saturated heterocycles. The van der Waals surface area contributed by atoms with E-state index in [0.717, 1.165) is 49.9 Å². The standard InChI is InChI=1S/C64H108N2/c1-5-9-13-16-19-21-23-25-27-29-31-33-35-37-39-41-44-49-59-51-47-53-61(57-59)65-63(55-12-8-4)64(56-46-43-18-15-11-7-3)66-62-54-48-52-60(58-62)50-45-42-40-38-36-34-32-30-28-26-24-22-20-17-14-10-6-2/h44-45,47-54,57-58H,5-43,46,55-56H2,1-4H3. The summed E-state index contributed by atoms with van der Waals surface area (Å²) in [4.78, 5) is 10.8. The van der Waals surface area contributed by atoms with E-state index in [2.05, 4.69) is 101 Å². The molecule has 66 heavy (non-hydrogen) atoms. The third-order valence-corrected chi connectivity index (χ3v) is 13.7. The minimum absolute atomic E-state index is 0.975. The molecule has 0 saturated carbocycles. The van der Waals surface area contributed by atoms with Gasteiger partial charge < -0.3 is 0 Å². The Kier molecular flexibility index (Phi) is 41.4. The Labute approximate surface area is 412 Å². The number of aliphatic imine (C=N–C) groups is 2. The van der Waals surface area contributed by atoms with E-state index < -0.39 is 0 Å². The first kappa shape index (κ1) is 59.4. The molecule has 0 aliphatic rings. The average Bonchev–Trinajstić information content (AvgIpc) is 3.33. The molecule has 2 heteroatoms. The fraction of sp³-hybridized carbons (Fsp3) is 0.719. The summed E-state index contributed by atoms with van der Waals surface area (Å²) in [6, 6.07) is 17.8. The van der Waals surface area contributed by atoms with Crippen molar-refractivity contribution in [2.75, 3.05) is 0 Å². The maximum Gasteiger partial charge on any atom is 0.0639 e. The largest absolute Gasteiger partial charge is 0.252 e. The molecule has 0 atom stereocenters. The highest BCUT2D eigenvalue weighted by Gasteiger charge is 2.11. The molecule has 0 heterocycles. The van der Waals surface area contributed by atoms with Gasteiger partial charge in [-0.1, -0.05) is 295 Å². The molecule has 374 valence electrons. The van der Waals surface area contributed by atoms with E-state index in [4.69, 9.17) is 9.98 Å². The van der Waals surface area contributed by atoms with Crippen LogP contribution < -0.4 is 0 Å². The Balaban J connectivity index is 1.88. The summed E-state index contributed by atoms with van der Waals surface area (Å²) in [6.45, 7) is 9.21. The maximum absolute atomic E-state index is 5.42. The van der Waals surface area contributed by atoms with Crippen molar-refractivity contribution in [3.05, 3.63) is 71.8 Å². The Morgan fingerprint density at radius 3 is 0.909 bits per heavy atom. The van der Waals surface area contributed by atoms with Crippen molar-refractivity contribution in [3.63, 3.8) is 0 Å². The summed E-state index contributed by atoms with van der Waals surface area (Å²) in [5.74, 6) is 0. The zero-order chi connectivity index (χ0) is 47.1. The Morgan fingerprint density at radius 1 is 0.318 bits per heavy atom. The van der Waals surface area contributed by atoms with Gasteiger partial charge in [-0.3, -0.25) is 9.98 Å². The van der Waals surface area contributed by atoms with Crippen molar-refractivity contribution in [1.82, 2.24) is 0 Å². The maximum atomic E-state index is 5.42. The van der Waals surface area contributed by atoms with Gasteiger partial charge in [0.15, 0.2) is 0 Å². The number of nitrogens with zero attached hydrogens (tertiary/aromatic N) is 2. The summed E-state index contributed by atoms with van der Waals surface area (Å²) in [7, 11) is 0. The van der Waals surface area contributed by atoms with Gasteiger partial charge >= 0.3 is 0 Å². The molecule has 2 aromatic carbocycles. The zero-order valence-corrected chi connectivity index (χ0v) is 44.5. The van der Waals surface area contributed by atoms with Crippen LogP contribution in [0, 0.1) is 0 Å². The number of rotatable bonds is 47. The van der Waals surface area contributed by atoms with Crippen molar-refractivity contribution >= 4 is 35.0 Å². The van der Waals surface area contributed by atoms with Crippen LogP contribution in [0.1, 0.15) is 308 Å². The SMILES string of the molecule is CCCCCCCCCCCCCCCCCC=Cc1cccc(N=C(CCCC)C(CCCCCCCC)=Nc2cccc(C=CCCCCCCCCCCCCCCCCC)c2)c1. The highest BCUT2D eigenvalue weighted by atomic mass is 14.8. The number of benzene rings is 2. The van der Waals surface area contributed by atoms with Crippen LogP contribution in [0.15, 0.2) is 70.7 Å². The third kappa shape index (κ3) is 35.4. The number of hydrogen-bond donors (Lipinski definition) is 0. The fourth-order valence-electron chi connectivity index (χ4n) is 9.36. The molecule has 2 rings (SSSR count). The zero-order valence-electron chi connectivity index (χ0n) is 44.5. The number of hydrogen-bond acceptors (Lipinski definition) is 2. The van der Waals surface area contributed by atoms with Gasteiger partial charge in [0.2, 0.25) is 0 Å². The summed E-state index contributed by atoms with van der Waals surface area (Å²) < 4.78 is 0. The van der Waals surface area contributed by atoms with Crippen LogP contribution >= 0.6 is 0 Å². The molecule has 2 aromatic rings. The van der Waals surface area contributed by atoms with Crippen LogP contribution in [0.5, 0.6) is 0 Å². The van der Waals surface area contributed by atoms with Crippen molar-refractivity contribution in [3.8, 4) is 0 Å². The van der Waals surface area contributed by atoms with E-state index in [-0.39, 0.29) is 0 Å². The van der Waals surface area contributed by atoms with Gasteiger partial charge in [0.25, 0.3) is 0 Å². The van der Waals surface area contributed by atoms with Gasteiger partial charge in [-0.15, -0.1) is 0 Å². The Hall–Kier alpha value is -2.74. The predicted molar refractivity (Wildman–Crippen MR) is 302 cm³/mol. The first-order chi connectivity index (χ1) is 32.7. The summed E-state index contributed by atoms with van der Waals surface area (Å²) >= 11 is 0. The lowest BCUT2D eigenvalue weighted by molar-refractivity contribution is 0.533. The van der Waals surface area contributed by atoms with Gasteiger partial charge in [0, 0.05) is 0 Å². The lowest BCUT2D eigenvalue weighted by Gasteiger charge is -2.12. The molecule has 0 radical (unpaired) electrons. The number of allylic oxidation sites excluding steroid dienone is 2. The minimum atomic E-state index is 0.975. The van der Waals surface area contributed by atoms with Crippen LogP contribution in [0.2, 0.25) is 0 Å². The van der Waals surface area contributed by atoms with Crippen LogP contribution in [0.3, 0.4) is 0 Å². The average molecular weight is 906 g/mol. The van der Waals surface area contributed by atoms with Crippen LogP contribution in [-0.4, -0.2) is 11.4 Å². The van der Waals surface area contributed by atoms with Gasteiger partial charge in [-0.2, -0.15) is 0 Å². The molecule has 0 fully saturated rings. The van der Waals surface area contributed by atoms with E-state index in [0.29, 0.717) is 0 Å².